The van der Waals surface area contributed by atoms with Crippen molar-refractivity contribution < 1.29 is 34.9 Å². The van der Waals surface area contributed by atoms with Crippen LogP contribution in [0, 0.1) is 5.41 Å². The first-order chi connectivity index (χ1) is 14.8. The number of aliphatic hydroxyl groups excluding tert-OH is 2. The molecule has 3 atom stereocenters. The van der Waals surface area contributed by atoms with Gasteiger partial charge in [-0.15, -0.1) is 0 Å². The maximum atomic E-state index is 13.7. The van der Waals surface area contributed by atoms with E-state index in [0.29, 0.717) is 12.8 Å². The molecular weight excluding hydrogens is 428 g/mol. The molecule has 0 aromatic carbocycles. The Kier molecular flexibility index (Phi) is 7.49. The maximum Gasteiger partial charge on any atom is 0.320 e. The summed E-state index contributed by atoms with van der Waals surface area (Å²) < 4.78 is 5.44. The molecule has 4 N–H and O–H groups in total. The zero-order chi connectivity index (χ0) is 25.8. The summed E-state index contributed by atoms with van der Waals surface area (Å²) >= 11 is 0. The third-order valence-corrected chi connectivity index (χ3v) is 7.64. The first kappa shape index (κ1) is 28.4. The second-order valence-corrected chi connectivity index (χ2v) is 12.2. The lowest BCUT2D eigenvalue weighted by Gasteiger charge is -2.66. The number of aliphatic hydroxyl groups is 3. The fourth-order valence-electron chi connectivity index (χ4n) is 6.40. The second-order valence-electron chi connectivity index (χ2n) is 12.2. The number of rotatable bonds is 6. The second kappa shape index (κ2) is 8.69. The number of esters is 1. The Bertz CT molecular complexity index is 720. The van der Waals surface area contributed by atoms with Gasteiger partial charge in [0, 0.05) is 16.6 Å². The summed E-state index contributed by atoms with van der Waals surface area (Å²) in [6.07, 6.45) is -1.06. The lowest BCUT2D eigenvalue weighted by molar-refractivity contribution is -0.487. The van der Waals surface area contributed by atoms with Gasteiger partial charge in [-0.2, -0.15) is 10.1 Å². The van der Waals surface area contributed by atoms with Gasteiger partial charge in [0.25, 0.3) is 0 Å². The quantitative estimate of drug-likeness (QED) is 0.340. The number of hydrogen-bond donors (Lipinski definition) is 4. The smallest absolute Gasteiger partial charge is 0.320 e. The van der Waals surface area contributed by atoms with Crippen molar-refractivity contribution in [3.8, 4) is 0 Å². The van der Waals surface area contributed by atoms with Gasteiger partial charge in [0.1, 0.15) is 0 Å². The van der Waals surface area contributed by atoms with Crippen LogP contribution in [0.1, 0.15) is 94.9 Å². The van der Waals surface area contributed by atoms with E-state index >= 15 is 0 Å². The molecule has 0 bridgehead atoms. The highest BCUT2D eigenvalue weighted by atomic mass is 16.8. The summed E-state index contributed by atoms with van der Waals surface area (Å²) in [6.45, 7) is 17.7. The van der Waals surface area contributed by atoms with Gasteiger partial charge in [-0.25, -0.2) is 0 Å². The van der Waals surface area contributed by atoms with E-state index in [2.05, 4.69) is 0 Å². The number of hydroxylamine groups is 4. The van der Waals surface area contributed by atoms with Crippen LogP contribution < -0.4 is 0 Å². The summed E-state index contributed by atoms with van der Waals surface area (Å²) in [5.41, 5.74) is -5.88. The summed E-state index contributed by atoms with van der Waals surface area (Å²) in [5, 5.41) is 48.2. The Labute approximate surface area is 198 Å². The van der Waals surface area contributed by atoms with Crippen molar-refractivity contribution in [1.82, 2.24) is 10.1 Å². The highest BCUT2D eigenvalue weighted by Gasteiger charge is 2.76. The Balaban J connectivity index is 2.82. The van der Waals surface area contributed by atoms with Crippen molar-refractivity contribution in [3.05, 3.63) is 0 Å². The summed E-state index contributed by atoms with van der Waals surface area (Å²) in [4.78, 5) is 20.2. The lowest BCUT2D eigenvalue weighted by Crippen LogP contribution is -2.83. The lowest BCUT2D eigenvalue weighted by atomic mass is 9.57. The summed E-state index contributed by atoms with van der Waals surface area (Å²) in [7, 11) is 0. The molecule has 2 aliphatic rings. The molecule has 0 saturated carbocycles. The number of nitrogens with zero attached hydrogens (tertiary/aromatic N) is 2. The first-order valence-electron chi connectivity index (χ1n) is 12.0. The first-order valence-corrected chi connectivity index (χ1v) is 12.0. The molecular formula is C24H46N2O7. The molecule has 2 rings (SSSR count). The highest BCUT2D eigenvalue weighted by Crippen LogP contribution is 2.58. The number of carbonyl (C=O) groups excluding carboxylic acids is 1. The molecule has 2 aliphatic heterocycles. The average Bonchev–Trinajstić information content (AvgIpc) is 2.65. The van der Waals surface area contributed by atoms with Crippen molar-refractivity contribution in [1.29, 1.82) is 0 Å². The number of ether oxygens (including phenoxy) is 1. The number of piperidine rings is 2. The Morgan fingerprint density at radius 2 is 1.48 bits per heavy atom. The molecule has 9 nitrogen and oxygen atoms in total. The molecule has 2 fully saturated rings. The predicted octanol–water partition coefficient (Wildman–Crippen LogP) is 2.59. The molecule has 194 valence electrons. The van der Waals surface area contributed by atoms with Crippen LogP contribution in [-0.4, -0.2) is 83.4 Å². The van der Waals surface area contributed by atoms with E-state index in [-0.39, 0.29) is 19.4 Å². The standard InChI is InChI=1S/C24H46N2O7/c1-11-17(28)23(18(29)32-12-2)15-21(7,8)25(31)22(9,10)24(23,30)33-26-19(3,4)13-16(27)14-20(26,5)6/h16-17,27-28,30-31H,11-15H2,1-10H3. The van der Waals surface area contributed by atoms with Gasteiger partial charge in [-0.05, 0) is 88.0 Å². The van der Waals surface area contributed by atoms with Gasteiger partial charge in [-0.3, -0.25) is 9.63 Å². The third-order valence-electron chi connectivity index (χ3n) is 7.64. The van der Waals surface area contributed by atoms with Crippen molar-refractivity contribution in [2.75, 3.05) is 6.61 Å². The van der Waals surface area contributed by atoms with E-state index in [9.17, 15) is 25.3 Å². The van der Waals surface area contributed by atoms with E-state index in [1.807, 2.05) is 27.7 Å². The van der Waals surface area contributed by atoms with Crippen LogP contribution in [0.3, 0.4) is 0 Å². The highest BCUT2D eigenvalue weighted by molar-refractivity contribution is 5.80. The molecule has 3 unspecified atom stereocenters. The molecule has 33 heavy (non-hydrogen) atoms. The van der Waals surface area contributed by atoms with Crippen molar-refractivity contribution >= 4 is 5.97 Å². The molecule has 2 saturated heterocycles. The Morgan fingerprint density at radius 1 is 1.00 bits per heavy atom. The van der Waals surface area contributed by atoms with Gasteiger partial charge < -0.3 is 25.3 Å². The monoisotopic (exact) mass is 474 g/mol. The molecule has 0 spiro atoms. The van der Waals surface area contributed by atoms with Crippen LogP contribution in [0.15, 0.2) is 0 Å². The minimum absolute atomic E-state index is 0.0592. The average molecular weight is 475 g/mol. The fraction of sp³-hybridized carbons (Fsp3) is 0.958. The topological polar surface area (TPSA) is 123 Å². The van der Waals surface area contributed by atoms with Gasteiger partial charge in [0.2, 0.25) is 5.79 Å². The van der Waals surface area contributed by atoms with Crippen molar-refractivity contribution in [2.24, 2.45) is 5.41 Å². The zero-order valence-electron chi connectivity index (χ0n) is 22.1. The number of carbonyl (C=O) groups is 1. The Morgan fingerprint density at radius 3 is 1.91 bits per heavy atom. The molecule has 0 radical (unpaired) electrons. The van der Waals surface area contributed by atoms with Gasteiger partial charge in [0.05, 0.1) is 24.4 Å². The van der Waals surface area contributed by atoms with Crippen LogP contribution in [0.5, 0.6) is 0 Å². The predicted molar refractivity (Wildman–Crippen MR) is 123 cm³/mol. The van der Waals surface area contributed by atoms with E-state index < -0.39 is 51.5 Å². The van der Waals surface area contributed by atoms with Crippen LogP contribution in [0.25, 0.3) is 0 Å². The molecule has 9 heteroatoms. The summed E-state index contributed by atoms with van der Waals surface area (Å²) in [6, 6.07) is 0. The molecule has 0 aromatic heterocycles. The van der Waals surface area contributed by atoms with Crippen LogP contribution >= 0.6 is 0 Å². The van der Waals surface area contributed by atoms with E-state index in [0.717, 1.165) is 5.06 Å². The van der Waals surface area contributed by atoms with Crippen LogP contribution in [0.2, 0.25) is 0 Å². The molecule has 0 amide bonds. The van der Waals surface area contributed by atoms with E-state index in [4.69, 9.17) is 9.57 Å². The van der Waals surface area contributed by atoms with Crippen molar-refractivity contribution in [3.63, 3.8) is 0 Å². The zero-order valence-corrected chi connectivity index (χ0v) is 22.1. The normalized spacial score (nSPS) is 35.2. The number of hydrogen-bond acceptors (Lipinski definition) is 9. The van der Waals surface area contributed by atoms with E-state index in [1.54, 1.807) is 46.6 Å². The van der Waals surface area contributed by atoms with Crippen LogP contribution in [0.4, 0.5) is 0 Å². The van der Waals surface area contributed by atoms with Crippen LogP contribution in [-0.2, 0) is 14.4 Å². The molecule has 0 aromatic rings. The van der Waals surface area contributed by atoms with Gasteiger partial charge in [-0.1, -0.05) is 6.92 Å². The van der Waals surface area contributed by atoms with E-state index in [1.165, 1.54) is 0 Å². The molecule has 0 aliphatic carbocycles. The summed E-state index contributed by atoms with van der Waals surface area (Å²) in [5.74, 6) is -3.16. The minimum atomic E-state index is -2.39. The molecule has 2 heterocycles. The maximum absolute atomic E-state index is 13.7. The Hall–Kier alpha value is -0.810. The van der Waals surface area contributed by atoms with Gasteiger partial charge in [0.15, 0.2) is 5.41 Å². The SMILES string of the molecule is CCOC(=O)C1(C(O)CC)CC(C)(C)N(O)C(C)(C)C1(O)ON1C(C)(C)CC(O)CC1(C)C. The minimum Gasteiger partial charge on any atom is -0.465 e. The third kappa shape index (κ3) is 4.24. The fourth-order valence-corrected chi connectivity index (χ4v) is 6.40. The van der Waals surface area contributed by atoms with Gasteiger partial charge >= 0.3 is 5.97 Å². The largest absolute Gasteiger partial charge is 0.465 e. The van der Waals surface area contributed by atoms with Crippen molar-refractivity contribution in [2.45, 2.75) is 135 Å².